The number of hydrogen-bond donors (Lipinski definition) is 0. The highest BCUT2D eigenvalue weighted by molar-refractivity contribution is 6.30. The van der Waals surface area contributed by atoms with E-state index in [-0.39, 0.29) is 11.3 Å². The van der Waals surface area contributed by atoms with Crippen molar-refractivity contribution in [2.24, 2.45) is 5.92 Å². The monoisotopic (exact) mass is 370 g/mol. The number of nitriles is 2. The average Bonchev–Trinajstić information content (AvgIpc) is 2.84. The summed E-state index contributed by atoms with van der Waals surface area (Å²) in [5, 5.41) is 19.9. The Morgan fingerprint density at radius 3 is 2.33 bits per heavy atom. The lowest BCUT2D eigenvalue weighted by Gasteiger charge is -2.38. The molecule has 2 aromatic carbocycles. The first-order valence-corrected chi connectivity index (χ1v) is 9.35. The Morgan fingerprint density at radius 1 is 0.926 bits per heavy atom. The molecule has 0 radical (unpaired) electrons. The number of hydrogen-bond acceptors (Lipinski definition) is 2. The third-order valence-corrected chi connectivity index (χ3v) is 6.52. The predicted molar refractivity (Wildman–Crippen MR) is 108 cm³/mol. The van der Waals surface area contributed by atoms with E-state index in [1.807, 2.05) is 24.3 Å². The van der Waals surface area contributed by atoms with Gasteiger partial charge in [0.2, 0.25) is 0 Å². The van der Waals surface area contributed by atoms with E-state index in [0.717, 1.165) is 11.1 Å². The molecule has 3 heteroatoms. The summed E-state index contributed by atoms with van der Waals surface area (Å²) in [4.78, 5) is 0. The molecular weight excluding hydrogens is 352 g/mol. The second-order valence-corrected chi connectivity index (χ2v) is 8.51. The zero-order chi connectivity index (χ0) is 19.4. The summed E-state index contributed by atoms with van der Waals surface area (Å²) in [6, 6.07) is 18.9. The van der Waals surface area contributed by atoms with Gasteiger partial charge in [-0.1, -0.05) is 68.8 Å². The molecule has 0 bridgehead atoms. The standard InChI is InChI=1S/C24H19ClN2/c1-23(2)21-12-17(16-5-4-6-19(25)11-16)7-8-20(21)24(3)18(14-27)9-15(13-26)10-22(23)24/h4-12,22H,1-3H3. The molecule has 0 spiro atoms. The van der Waals surface area contributed by atoms with Gasteiger partial charge in [-0.2, -0.15) is 10.5 Å². The van der Waals surface area contributed by atoms with Crippen molar-refractivity contribution < 1.29 is 0 Å². The van der Waals surface area contributed by atoms with Crippen molar-refractivity contribution in [3.63, 3.8) is 0 Å². The Morgan fingerprint density at radius 2 is 1.67 bits per heavy atom. The molecule has 2 nitrogen and oxygen atoms in total. The number of nitrogens with zero attached hydrogens (tertiary/aromatic N) is 2. The number of halogens is 1. The highest BCUT2D eigenvalue weighted by Crippen LogP contribution is 2.59. The molecule has 2 aliphatic carbocycles. The smallest absolute Gasteiger partial charge is 0.0988 e. The van der Waals surface area contributed by atoms with E-state index < -0.39 is 5.41 Å². The minimum absolute atomic E-state index is 0.0592. The highest BCUT2D eigenvalue weighted by Gasteiger charge is 2.55. The van der Waals surface area contributed by atoms with Gasteiger partial charge in [0.15, 0.2) is 0 Å². The quantitative estimate of drug-likeness (QED) is 0.610. The molecule has 2 aromatic rings. The summed E-state index contributed by atoms with van der Waals surface area (Å²) in [5.41, 5.74) is 5.20. The van der Waals surface area contributed by atoms with Crippen molar-refractivity contribution >= 4 is 11.6 Å². The van der Waals surface area contributed by atoms with Crippen LogP contribution in [-0.2, 0) is 10.8 Å². The molecule has 2 atom stereocenters. The summed E-state index contributed by atoms with van der Waals surface area (Å²) in [6.07, 6.45) is 3.78. The van der Waals surface area contributed by atoms with E-state index in [2.05, 4.69) is 57.2 Å². The maximum Gasteiger partial charge on any atom is 0.0988 e. The van der Waals surface area contributed by atoms with Crippen LogP contribution in [0.1, 0.15) is 31.9 Å². The van der Waals surface area contributed by atoms with Crippen LogP contribution >= 0.6 is 11.6 Å². The molecule has 132 valence electrons. The van der Waals surface area contributed by atoms with Crippen LogP contribution in [0.15, 0.2) is 65.8 Å². The molecule has 0 amide bonds. The maximum absolute atomic E-state index is 9.81. The van der Waals surface area contributed by atoms with Crippen LogP contribution in [0.3, 0.4) is 0 Å². The highest BCUT2D eigenvalue weighted by atomic mass is 35.5. The molecule has 0 saturated carbocycles. The van der Waals surface area contributed by atoms with E-state index in [9.17, 15) is 10.5 Å². The molecule has 0 aromatic heterocycles. The molecule has 2 aliphatic rings. The predicted octanol–water partition coefficient (Wildman–Crippen LogP) is 6.09. The van der Waals surface area contributed by atoms with Crippen LogP contribution in [0.2, 0.25) is 5.02 Å². The second kappa shape index (κ2) is 5.85. The minimum Gasteiger partial charge on any atom is -0.193 e. The molecule has 0 fully saturated rings. The van der Waals surface area contributed by atoms with Crippen molar-refractivity contribution in [3.8, 4) is 23.3 Å². The van der Waals surface area contributed by atoms with Gasteiger partial charge in [0.1, 0.15) is 0 Å². The number of allylic oxidation sites excluding steroid dienone is 4. The van der Waals surface area contributed by atoms with E-state index in [1.54, 1.807) is 6.08 Å². The fourth-order valence-electron chi connectivity index (χ4n) is 4.87. The van der Waals surface area contributed by atoms with Gasteiger partial charge in [-0.3, -0.25) is 0 Å². The fourth-order valence-corrected chi connectivity index (χ4v) is 5.06. The lowest BCUT2D eigenvalue weighted by molar-refractivity contribution is 0.315. The van der Waals surface area contributed by atoms with Crippen LogP contribution in [-0.4, -0.2) is 0 Å². The van der Waals surface area contributed by atoms with E-state index >= 15 is 0 Å². The normalized spacial score (nSPS) is 24.7. The molecule has 0 aliphatic heterocycles. The van der Waals surface area contributed by atoms with Gasteiger partial charge in [0.25, 0.3) is 0 Å². The van der Waals surface area contributed by atoms with Crippen molar-refractivity contribution in [1.29, 1.82) is 10.5 Å². The molecule has 0 N–H and O–H groups in total. The van der Waals surface area contributed by atoms with Gasteiger partial charge < -0.3 is 0 Å². The van der Waals surface area contributed by atoms with Crippen LogP contribution < -0.4 is 0 Å². The lowest BCUT2D eigenvalue weighted by Crippen LogP contribution is -2.37. The third kappa shape index (κ3) is 2.38. The number of fused-ring (bicyclic) bond motifs is 3. The summed E-state index contributed by atoms with van der Waals surface area (Å²) in [7, 11) is 0. The first-order valence-electron chi connectivity index (χ1n) is 8.97. The molecule has 2 unspecified atom stereocenters. The van der Waals surface area contributed by atoms with Gasteiger partial charge in [0, 0.05) is 27.5 Å². The first-order chi connectivity index (χ1) is 12.8. The van der Waals surface area contributed by atoms with Crippen LogP contribution in [0.25, 0.3) is 11.1 Å². The zero-order valence-electron chi connectivity index (χ0n) is 15.5. The maximum atomic E-state index is 9.81. The Kier molecular flexibility index (Phi) is 3.81. The van der Waals surface area contributed by atoms with Gasteiger partial charge in [-0.05, 0) is 45.9 Å². The molecule has 27 heavy (non-hydrogen) atoms. The Bertz CT molecular complexity index is 1110. The summed E-state index contributed by atoms with van der Waals surface area (Å²) in [5.74, 6) is 0.0592. The van der Waals surface area contributed by atoms with Gasteiger partial charge in [-0.25, -0.2) is 0 Å². The van der Waals surface area contributed by atoms with Crippen molar-refractivity contribution in [1.82, 2.24) is 0 Å². The SMILES string of the molecule is CC1(C)c2cc(-c3cccc(Cl)c3)ccc2C2(C)C(C#N)=CC(C#N)=CC12. The largest absolute Gasteiger partial charge is 0.193 e. The Balaban J connectivity index is 1.95. The molecule has 4 rings (SSSR count). The zero-order valence-corrected chi connectivity index (χ0v) is 16.3. The van der Waals surface area contributed by atoms with E-state index in [1.165, 1.54) is 11.1 Å². The lowest BCUT2D eigenvalue weighted by atomic mass is 9.63. The fraction of sp³-hybridized carbons (Fsp3) is 0.250. The van der Waals surface area contributed by atoms with Crippen molar-refractivity contribution in [2.75, 3.05) is 0 Å². The second-order valence-electron chi connectivity index (χ2n) is 8.08. The van der Waals surface area contributed by atoms with Gasteiger partial charge in [-0.15, -0.1) is 0 Å². The van der Waals surface area contributed by atoms with E-state index in [0.29, 0.717) is 16.2 Å². The first kappa shape index (κ1) is 17.6. The number of rotatable bonds is 1. The molecule has 0 saturated heterocycles. The molecular formula is C24H19ClN2. The Labute approximate surface area is 165 Å². The minimum atomic E-state index is -0.416. The topological polar surface area (TPSA) is 47.6 Å². The van der Waals surface area contributed by atoms with Crippen molar-refractivity contribution in [2.45, 2.75) is 31.6 Å². The van der Waals surface area contributed by atoms with E-state index in [4.69, 9.17) is 11.6 Å². The van der Waals surface area contributed by atoms with Crippen LogP contribution in [0.5, 0.6) is 0 Å². The molecule has 0 heterocycles. The van der Waals surface area contributed by atoms with Crippen LogP contribution in [0.4, 0.5) is 0 Å². The van der Waals surface area contributed by atoms with Crippen molar-refractivity contribution in [3.05, 3.63) is 81.9 Å². The van der Waals surface area contributed by atoms with Gasteiger partial charge in [0.05, 0.1) is 12.1 Å². The summed E-state index contributed by atoms with van der Waals surface area (Å²) in [6.45, 7) is 6.54. The Hall–Kier alpha value is -2.81. The third-order valence-electron chi connectivity index (χ3n) is 6.29. The number of benzene rings is 2. The average molecular weight is 371 g/mol. The summed E-state index contributed by atoms with van der Waals surface area (Å²) >= 11 is 6.18. The van der Waals surface area contributed by atoms with Crippen LogP contribution in [0, 0.1) is 28.6 Å². The summed E-state index contributed by atoms with van der Waals surface area (Å²) < 4.78 is 0. The van der Waals surface area contributed by atoms with Gasteiger partial charge >= 0.3 is 0 Å².